The van der Waals surface area contributed by atoms with Crippen molar-refractivity contribution < 1.29 is 0 Å². The van der Waals surface area contributed by atoms with Crippen molar-refractivity contribution in [2.45, 2.75) is 39.5 Å². The summed E-state index contributed by atoms with van der Waals surface area (Å²) >= 11 is 0. The Morgan fingerprint density at radius 1 is 1.67 bits per heavy atom. The van der Waals surface area contributed by atoms with E-state index in [9.17, 15) is 0 Å². The maximum Gasteiger partial charge on any atom is -0.0200 e. The molecule has 0 radical (unpaired) electrons. The molecule has 0 aromatic carbocycles. The van der Waals surface area contributed by atoms with Crippen LogP contribution in [0.25, 0.3) is 0 Å². The van der Waals surface area contributed by atoms with Crippen molar-refractivity contribution in [2.75, 3.05) is 0 Å². The molecule has 1 aliphatic carbocycles. The van der Waals surface area contributed by atoms with Crippen molar-refractivity contribution in [2.24, 2.45) is 5.92 Å². The topological polar surface area (TPSA) is 0 Å². The van der Waals surface area contributed by atoms with Gasteiger partial charge in [0, 0.05) is 0 Å². The Balaban J connectivity index is 2.27. The predicted octanol–water partition coefficient (Wildman–Crippen LogP) is 3.14. The van der Waals surface area contributed by atoms with E-state index in [4.69, 9.17) is 0 Å². The Morgan fingerprint density at radius 3 is 2.78 bits per heavy atom. The molecule has 0 bridgehead atoms. The molecule has 0 aromatic heterocycles. The molecule has 1 saturated carbocycles. The van der Waals surface area contributed by atoms with E-state index < -0.39 is 0 Å². The molecule has 0 heterocycles. The minimum Gasteiger partial charge on any atom is -0.0882 e. The molecule has 0 spiro atoms. The van der Waals surface area contributed by atoms with Crippen LogP contribution in [0.1, 0.15) is 39.5 Å². The van der Waals surface area contributed by atoms with Crippen LogP contribution in [-0.4, -0.2) is 0 Å². The molecule has 0 aliphatic heterocycles. The zero-order valence-electron chi connectivity index (χ0n) is 6.48. The fourth-order valence-electron chi connectivity index (χ4n) is 1.57. The molecule has 0 heteroatoms. The summed E-state index contributed by atoms with van der Waals surface area (Å²) in [6.45, 7) is 4.43. The summed E-state index contributed by atoms with van der Waals surface area (Å²) in [5, 5.41) is 0. The van der Waals surface area contributed by atoms with E-state index in [2.05, 4.69) is 19.9 Å². The van der Waals surface area contributed by atoms with Gasteiger partial charge in [-0.15, -0.1) is 0 Å². The molecule has 1 atom stereocenters. The Labute approximate surface area is 58.0 Å². The minimum atomic E-state index is 0.972. The highest BCUT2D eigenvalue weighted by molar-refractivity contribution is 5.13. The second kappa shape index (κ2) is 3.05. The fraction of sp³-hybridized carbons (Fsp3) is 0.778. The van der Waals surface area contributed by atoms with E-state index in [1.54, 1.807) is 5.57 Å². The van der Waals surface area contributed by atoms with Gasteiger partial charge >= 0.3 is 0 Å². The van der Waals surface area contributed by atoms with Gasteiger partial charge in [-0.25, -0.2) is 0 Å². The zero-order chi connectivity index (χ0) is 6.69. The van der Waals surface area contributed by atoms with Gasteiger partial charge in [-0.2, -0.15) is 0 Å². The van der Waals surface area contributed by atoms with Crippen LogP contribution in [0.3, 0.4) is 0 Å². The summed E-state index contributed by atoms with van der Waals surface area (Å²) in [6.07, 6.45) is 7.89. The standard InChI is InChI=1S/C9H16/c1-3-5-9-7-6-8(9)4-2/h4,9H,3,5-7H2,1-2H3. The molecular weight excluding hydrogens is 108 g/mol. The Morgan fingerprint density at radius 2 is 2.44 bits per heavy atom. The molecule has 0 aromatic rings. The normalized spacial score (nSPS) is 30.4. The molecule has 0 nitrogen and oxygen atoms in total. The lowest BCUT2D eigenvalue weighted by Crippen LogP contribution is -2.14. The summed E-state index contributed by atoms with van der Waals surface area (Å²) in [5.74, 6) is 0.972. The average molecular weight is 124 g/mol. The Bertz CT molecular complexity index is 111. The molecular formula is C9H16. The van der Waals surface area contributed by atoms with Crippen LogP contribution in [0.4, 0.5) is 0 Å². The number of allylic oxidation sites excluding steroid dienone is 2. The van der Waals surface area contributed by atoms with Gasteiger partial charge in [-0.3, -0.25) is 0 Å². The monoisotopic (exact) mass is 124 g/mol. The maximum atomic E-state index is 2.30. The number of hydrogen-bond donors (Lipinski definition) is 0. The first kappa shape index (κ1) is 6.85. The van der Waals surface area contributed by atoms with Crippen molar-refractivity contribution in [1.29, 1.82) is 0 Å². The lowest BCUT2D eigenvalue weighted by atomic mass is 9.77. The highest BCUT2D eigenvalue weighted by Gasteiger charge is 2.21. The van der Waals surface area contributed by atoms with Crippen LogP contribution < -0.4 is 0 Å². The first-order valence-corrected chi connectivity index (χ1v) is 4.03. The van der Waals surface area contributed by atoms with Crippen LogP contribution in [-0.2, 0) is 0 Å². The predicted molar refractivity (Wildman–Crippen MR) is 41.4 cm³/mol. The highest BCUT2D eigenvalue weighted by atomic mass is 14.3. The van der Waals surface area contributed by atoms with Gasteiger partial charge in [-0.05, 0) is 32.1 Å². The second-order valence-corrected chi connectivity index (χ2v) is 2.89. The van der Waals surface area contributed by atoms with Gasteiger partial charge < -0.3 is 0 Å². The third-order valence-electron chi connectivity index (χ3n) is 2.31. The number of hydrogen-bond acceptors (Lipinski definition) is 0. The van der Waals surface area contributed by atoms with E-state index in [0.29, 0.717) is 0 Å². The minimum absolute atomic E-state index is 0.972. The van der Waals surface area contributed by atoms with Gasteiger partial charge in [0.1, 0.15) is 0 Å². The summed E-state index contributed by atoms with van der Waals surface area (Å²) in [6, 6.07) is 0. The molecule has 52 valence electrons. The number of rotatable bonds is 2. The fourth-order valence-corrected chi connectivity index (χ4v) is 1.57. The van der Waals surface area contributed by atoms with Gasteiger partial charge in [0.15, 0.2) is 0 Å². The van der Waals surface area contributed by atoms with Crippen molar-refractivity contribution in [3.05, 3.63) is 11.6 Å². The summed E-state index contributed by atoms with van der Waals surface area (Å²) in [4.78, 5) is 0. The molecule has 1 rings (SSSR count). The summed E-state index contributed by atoms with van der Waals surface area (Å²) in [5.41, 5.74) is 1.71. The van der Waals surface area contributed by atoms with E-state index in [0.717, 1.165) is 5.92 Å². The Kier molecular flexibility index (Phi) is 2.32. The van der Waals surface area contributed by atoms with Gasteiger partial charge in [0.05, 0.1) is 0 Å². The molecule has 9 heavy (non-hydrogen) atoms. The van der Waals surface area contributed by atoms with Crippen LogP contribution >= 0.6 is 0 Å². The van der Waals surface area contributed by atoms with Gasteiger partial charge in [-0.1, -0.05) is 25.0 Å². The van der Waals surface area contributed by atoms with E-state index in [1.807, 2.05) is 0 Å². The lowest BCUT2D eigenvalue weighted by molar-refractivity contribution is 0.409. The highest BCUT2D eigenvalue weighted by Crippen LogP contribution is 2.36. The molecule has 1 fully saturated rings. The molecule has 1 aliphatic rings. The smallest absolute Gasteiger partial charge is 0.0200 e. The molecule has 0 N–H and O–H groups in total. The third kappa shape index (κ3) is 1.35. The third-order valence-corrected chi connectivity index (χ3v) is 2.31. The molecule has 0 amide bonds. The summed E-state index contributed by atoms with van der Waals surface area (Å²) in [7, 11) is 0. The van der Waals surface area contributed by atoms with E-state index in [1.165, 1.54) is 25.7 Å². The first-order chi connectivity index (χ1) is 4.38. The van der Waals surface area contributed by atoms with Crippen LogP contribution in [0.2, 0.25) is 0 Å². The van der Waals surface area contributed by atoms with Crippen molar-refractivity contribution in [3.8, 4) is 0 Å². The SMILES string of the molecule is CC=C1CCC1CCC. The largest absolute Gasteiger partial charge is 0.0882 e. The van der Waals surface area contributed by atoms with Crippen molar-refractivity contribution in [3.63, 3.8) is 0 Å². The van der Waals surface area contributed by atoms with Crippen LogP contribution in [0, 0.1) is 5.92 Å². The lowest BCUT2D eigenvalue weighted by Gasteiger charge is -2.29. The average Bonchev–Trinajstić information content (AvgIpc) is 1.82. The maximum absolute atomic E-state index is 2.30. The zero-order valence-corrected chi connectivity index (χ0v) is 6.48. The Hall–Kier alpha value is -0.260. The quantitative estimate of drug-likeness (QED) is 0.496. The van der Waals surface area contributed by atoms with Gasteiger partial charge in [0.2, 0.25) is 0 Å². The molecule has 0 saturated heterocycles. The van der Waals surface area contributed by atoms with E-state index >= 15 is 0 Å². The van der Waals surface area contributed by atoms with Gasteiger partial charge in [0.25, 0.3) is 0 Å². The van der Waals surface area contributed by atoms with Crippen LogP contribution in [0.15, 0.2) is 11.6 Å². The van der Waals surface area contributed by atoms with Crippen LogP contribution in [0.5, 0.6) is 0 Å². The second-order valence-electron chi connectivity index (χ2n) is 2.89. The van der Waals surface area contributed by atoms with Crippen molar-refractivity contribution in [1.82, 2.24) is 0 Å². The first-order valence-electron chi connectivity index (χ1n) is 4.03. The van der Waals surface area contributed by atoms with Crippen molar-refractivity contribution >= 4 is 0 Å². The summed E-state index contributed by atoms with van der Waals surface area (Å²) < 4.78 is 0. The van der Waals surface area contributed by atoms with E-state index in [-0.39, 0.29) is 0 Å². The molecule has 1 unspecified atom stereocenters.